The summed E-state index contributed by atoms with van der Waals surface area (Å²) in [7, 11) is 1.67. The molecule has 0 aromatic carbocycles. The lowest BCUT2D eigenvalue weighted by molar-refractivity contribution is 0.0282. The van der Waals surface area contributed by atoms with Gasteiger partial charge in [-0.25, -0.2) is 4.79 Å². The summed E-state index contributed by atoms with van der Waals surface area (Å²) in [5.41, 5.74) is 0.181. The van der Waals surface area contributed by atoms with Crippen molar-refractivity contribution in [3.63, 3.8) is 0 Å². The Labute approximate surface area is 144 Å². The minimum absolute atomic E-state index is 0.0270. The van der Waals surface area contributed by atoms with Crippen molar-refractivity contribution in [1.29, 1.82) is 0 Å². The highest BCUT2D eigenvalue weighted by Crippen LogP contribution is 2.29. The maximum atomic E-state index is 12.2. The van der Waals surface area contributed by atoms with Crippen LogP contribution in [0.1, 0.15) is 59.1 Å². The SMILES string of the molecule is CC1CCCC(Cn2[nH]c(CN(C)C(=O)OC(C)(C)C)cc2=O)C1. The lowest BCUT2D eigenvalue weighted by Gasteiger charge is -2.26. The van der Waals surface area contributed by atoms with Crippen LogP contribution in [0.5, 0.6) is 0 Å². The van der Waals surface area contributed by atoms with Crippen molar-refractivity contribution < 1.29 is 9.53 Å². The molecule has 2 rings (SSSR count). The molecule has 1 amide bonds. The largest absolute Gasteiger partial charge is 0.444 e. The van der Waals surface area contributed by atoms with E-state index in [-0.39, 0.29) is 5.56 Å². The second-order valence-corrected chi connectivity index (χ2v) is 8.20. The number of hydrogen-bond acceptors (Lipinski definition) is 3. The van der Waals surface area contributed by atoms with Gasteiger partial charge < -0.3 is 9.64 Å². The first-order valence-corrected chi connectivity index (χ1v) is 8.87. The molecular formula is C18H31N3O3. The molecule has 0 saturated heterocycles. The van der Waals surface area contributed by atoms with Crippen LogP contribution in [0.25, 0.3) is 0 Å². The molecule has 0 radical (unpaired) electrons. The Morgan fingerprint density at radius 2 is 2.12 bits per heavy atom. The van der Waals surface area contributed by atoms with Crippen LogP contribution in [0.15, 0.2) is 10.9 Å². The van der Waals surface area contributed by atoms with Crippen molar-refractivity contribution in [3.05, 3.63) is 22.1 Å². The summed E-state index contributed by atoms with van der Waals surface area (Å²) >= 11 is 0. The highest BCUT2D eigenvalue weighted by molar-refractivity contribution is 5.67. The first-order chi connectivity index (χ1) is 11.1. The van der Waals surface area contributed by atoms with E-state index >= 15 is 0 Å². The zero-order valence-electron chi connectivity index (χ0n) is 15.6. The number of H-pyrrole nitrogens is 1. The van der Waals surface area contributed by atoms with Gasteiger partial charge in [0.05, 0.1) is 12.2 Å². The summed E-state index contributed by atoms with van der Waals surface area (Å²) in [4.78, 5) is 25.7. The van der Waals surface area contributed by atoms with E-state index in [2.05, 4.69) is 12.0 Å². The van der Waals surface area contributed by atoms with Crippen LogP contribution in [0.4, 0.5) is 4.79 Å². The van der Waals surface area contributed by atoms with Gasteiger partial charge in [-0.15, -0.1) is 0 Å². The van der Waals surface area contributed by atoms with Crippen molar-refractivity contribution in [2.24, 2.45) is 11.8 Å². The van der Waals surface area contributed by atoms with E-state index in [4.69, 9.17) is 4.74 Å². The number of aromatic nitrogens is 2. The normalized spacial score (nSPS) is 21.5. The van der Waals surface area contributed by atoms with Gasteiger partial charge in [0.15, 0.2) is 0 Å². The first kappa shape index (κ1) is 18.6. The summed E-state index contributed by atoms with van der Waals surface area (Å²) in [5.74, 6) is 1.30. The van der Waals surface area contributed by atoms with Crippen LogP contribution in [-0.4, -0.2) is 33.4 Å². The van der Waals surface area contributed by atoms with E-state index in [0.717, 1.165) is 18.2 Å². The van der Waals surface area contributed by atoms with E-state index < -0.39 is 11.7 Å². The average Bonchev–Trinajstić information content (AvgIpc) is 2.76. The standard InChI is InChI=1S/C18H31N3O3/c1-13-7-6-8-14(9-13)11-21-16(22)10-15(19-21)12-20(5)17(23)24-18(2,3)4/h10,13-14,19H,6-9,11-12H2,1-5H3. The summed E-state index contributed by atoms with van der Waals surface area (Å²) < 4.78 is 7.01. The maximum absolute atomic E-state index is 12.2. The van der Waals surface area contributed by atoms with Gasteiger partial charge in [0, 0.05) is 19.7 Å². The topological polar surface area (TPSA) is 67.3 Å². The van der Waals surface area contributed by atoms with Crippen molar-refractivity contribution in [2.75, 3.05) is 7.05 Å². The fourth-order valence-electron chi connectivity index (χ4n) is 3.35. The summed E-state index contributed by atoms with van der Waals surface area (Å²) in [6.07, 6.45) is 4.51. The molecule has 1 saturated carbocycles. The van der Waals surface area contributed by atoms with E-state index in [9.17, 15) is 9.59 Å². The molecule has 1 aromatic heterocycles. The zero-order chi connectivity index (χ0) is 17.9. The maximum Gasteiger partial charge on any atom is 0.410 e. The van der Waals surface area contributed by atoms with Crippen LogP contribution >= 0.6 is 0 Å². The number of nitrogens with zero attached hydrogens (tertiary/aromatic N) is 2. The van der Waals surface area contributed by atoms with Gasteiger partial charge in [-0.2, -0.15) is 0 Å². The molecule has 2 atom stereocenters. The van der Waals surface area contributed by atoms with E-state index in [1.807, 2.05) is 20.8 Å². The highest BCUT2D eigenvalue weighted by atomic mass is 16.6. The number of aromatic amines is 1. The fourth-order valence-corrected chi connectivity index (χ4v) is 3.35. The molecular weight excluding hydrogens is 306 g/mol. The van der Waals surface area contributed by atoms with Crippen LogP contribution in [0, 0.1) is 11.8 Å². The van der Waals surface area contributed by atoms with Crippen LogP contribution in [-0.2, 0) is 17.8 Å². The lowest BCUT2D eigenvalue weighted by atomic mass is 9.82. The first-order valence-electron chi connectivity index (χ1n) is 8.87. The molecule has 1 fully saturated rings. The van der Waals surface area contributed by atoms with Crippen molar-refractivity contribution >= 4 is 6.09 Å². The van der Waals surface area contributed by atoms with Gasteiger partial charge in [-0.05, 0) is 45.4 Å². The number of carbonyl (C=O) groups is 1. The Morgan fingerprint density at radius 1 is 1.42 bits per heavy atom. The third kappa shape index (κ3) is 5.42. The van der Waals surface area contributed by atoms with Gasteiger partial charge in [0.1, 0.15) is 5.60 Å². The Hall–Kier alpha value is -1.72. The lowest BCUT2D eigenvalue weighted by Crippen LogP contribution is -2.33. The minimum Gasteiger partial charge on any atom is -0.444 e. The predicted octanol–water partition coefficient (Wildman–Crippen LogP) is 3.37. The summed E-state index contributed by atoms with van der Waals surface area (Å²) in [5, 5.41) is 3.15. The number of rotatable bonds is 4. The molecule has 1 aliphatic carbocycles. The predicted molar refractivity (Wildman–Crippen MR) is 93.9 cm³/mol. The smallest absolute Gasteiger partial charge is 0.410 e. The molecule has 0 aliphatic heterocycles. The van der Waals surface area contributed by atoms with Crippen molar-refractivity contribution in [3.8, 4) is 0 Å². The molecule has 0 bridgehead atoms. The minimum atomic E-state index is -0.525. The molecule has 136 valence electrons. The number of nitrogens with one attached hydrogen (secondary N) is 1. The fraction of sp³-hybridized carbons (Fsp3) is 0.778. The Balaban J connectivity index is 1.95. The second kappa shape index (κ2) is 7.45. The highest BCUT2D eigenvalue weighted by Gasteiger charge is 2.22. The number of carbonyl (C=O) groups excluding carboxylic acids is 1. The van der Waals surface area contributed by atoms with Gasteiger partial charge in [0.2, 0.25) is 0 Å². The van der Waals surface area contributed by atoms with Crippen molar-refractivity contribution in [1.82, 2.24) is 14.7 Å². The number of amides is 1. The van der Waals surface area contributed by atoms with Gasteiger partial charge in [0.25, 0.3) is 5.56 Å². The quantitative estimate of drug-likeness (QED) is 0.916. The molecule has 1 heterocycles. The Morgan fingerprint density at radius 3 is 2.75 bits per heavy atom. The number of hydrogen-bond donors (Lipinski definition) is 1. The van der Waals surface area contributed by atoms with Crippen LogP contribution in [0.3, 0.4) is 0 Å². The van der Waals surface area contributed by atoms with E-state index in [1.165, 1.54) is 30.6 Å². The monoisotopic (exact) mass is 337 g/mol. The molecule has 6 heteroatoms. The zero-order valence-corrected chi connectivity index (χ0v) is 15.6. The molecule has 2 unspecified atom stereocenters. The van der Waals surface area contributed by atoms with E-state index in [1.54, 1.807) is 17.8 Å². The van der Waals surface area contributed by atoms with Crippen molar-refractivity contribution in [2.45, 2.75) is 72.1 Å². The van der Waals surface area contributed by atoms with Gasteiger partial charge in [-0.3, -0.25) is 14.6 Å². The second-order valence-electron chi connectivity index (χ2n) is 8.20. The van der Waals surface area contributed by atoms with Gasteiger partial charge in [-0.1, -0.05) is 19.8 Å². The third-order valence-electron chi connectivity index (χ3n) is 4.44. The molecule has 6 nitrogen and oxygen atoms in total. The van der Waals surface area contributed by atoms with Crippen LogP contribution in [0.2, 0.25) is 0 Å². The molecule has 1 N–H and O–H groups in total. The molecule has 1 aliphatic rings. The molecule has 0 spiro atoms. The average molecular weight is 337 g/mol. The molecule has 1 aromatic rings. The summed E-state index contributed by atoms with van der Waals surface area (Å²) in [6, 6.07) is 1.58. The third-order valence-corrected chi connectivity index (χ3v) is 4.44. The van der Waals surface area contributed by atoms with E-state index in [0.29, 0.717) is 12.5 Å². The van der Waals surface area contributed by atoms with Gasteiger partial charge >= 0.3 is 6.09 Å². The summed E-state index contributed by atoms with van der Waals surface area (Å²) in [6.45, 7) is 8.86. The number of ether oxygens (including phenoxy) is 1. The molecule has 24 heavy (non-hydrogen) atoms. The Bertz CT molecular complexity index is 612. The Kier molecular flexibility index (Phi) is 5.78. The van der Waals surface area contributed by atoms with Crippen LogP contribution < -0.4 is 5.56 Å².